The standard InChI is InChI=1S/C10H14F3N3O2/c1-3-17-5-6(2)18-8-4-7(14)15-9(16-8)10(11,12)13/h4,6H,3,5H2,1-2H3,(H2,14,15,16). The molecule has 8 heteroatoms. The Morgan fingerprint density at radius 2 is 2.06 bits per heavy atom. The molecule has 1 heterocycles. The molecule has 0 aromatic carbocycles. The molecule has 0 aliphatic rings. The van der Waals surface area contributed by atoms with E-state index >= 15 is 0 Å². The Morgan fingerprint density at radius 3 is 2.61 bits per heavy atom. The van der Waals surface area contributed by atoms with Crippen LogP contribution in [0.1, 0.15) is 19.7 Å². The van der Waals surface area contributed by atoms with E-state index in [0.717, 1.165) is 6.07 Å². The molecule has 1 aromatic heterocycles. The molecule has 0 aliphatic heterocycles. The van der Waals surface area contributed by atoms with Crippen LogP contribution in [0.25, 0.3) is 0 Å². The van der Waals surface area contributed by atoms with Gasteiger partial charge in [-0.3, -0.25) is 0 Å². The van der Waals surface area contributed by atoms with E-state index in [1.165, 1.54) is 0 Å². The molecule has 0 saturated carbocycles. The summed E-state index contributed by atoms with van der Waals surface area (Å²) in [6, 6.07) is 1.14. The van der Waals surface area contributed by atoms with Gasteiger partial charge in [0.15, 0.2) is 0 Å². The fourth-order valence-electron chi connectivity index (χ4n) is 1.15. The van der Waals surface area contributed by atoms with E-state index in [1.807, 2.05) is 0 Å². The molecule has 1 atom stereocenters. The van der Waals surface area contributed by atoms with Crippen LogP contribution in [0.5, 0.6) is 5.88 Å². The van der Waals surface area contributed by atoms with Crippen molar-refractivity contribution in [1.82, 2.24) is 9.97 Å². The number of hydrogen-bond donors (Lipinski definition) is 1. The lowest BCUT2D eigenvalue weighted by atomic mass is 10.4. The number of nitrogens with two attached hydrogens (primary N) is 1. The fourth-order valence-corrected chi connectivity index (χ4v) is 1.15. The monoisotopic (exact) mass is 265 g/mol. The quantitative estimate of drug-likeness (QED) is 0.880. The highest BCUT2D eigenvalue weighted by atomic mass is 19.4. The minimum Gasteiger partial charge on any atom is -0.472 e. The molecule has 0 bridgehead atoms. The maximum absolute atomic E-state index is 12.4. The summed E-state index contributed by atoms with van der Waals surface area (Å²) in [5.74, 6) is -1.83. The van der Waals surface area contributed by atoms with E-state index in [0.29, 0.717) is 6.61 Å². The largest absolute Gasteiger partial charge is 0.472 e. The van der Waals surface area contributed by atoms with Gasteiger partial charge < -0.3 is 15.2 Å². The summed E-state index contributed by atoms with van der Waals surface area (Å²) in [6.07, 6.45) is -5.09. The summed E-state index contributed by atoms with van der Waals surface area (Å²) in [4.78, 5) is 6.36. The molecular weight excluding hydrogens is 251 g/mol. The Bertz CT molecular complexity index is 398. The van der Waals surface area contributed by atoms with Crippen molar-refractivity contribution in [3.8, 4) is 5.88 Å². The Kier molecular flexibility index (Phi) is 4.71. The minimum absolute atomic E-state index is 0.220. The highest BCUT2D eigenvalue weighted by Crippen LogP contribution is 2.28. The average molecular weight is 265 g/mol. The zero-order chi connectivity index (χ0) is 13.8. The molecule has 1 rings (SSSR count). The minimum atomic E-state index is -4.66. The van der Waals surface area contributed by atoms with Gasteiger partial charge in [-0.1, -0.05) is 0 Å². The Labute approximate surface area is 102 Å². The number of anilines is 1. The van der Waals surface area contributed by atoms with Crippen molar-refractivity contribution < 1.29 is 22.6 Å². The van der Waals surface area contributed by atoms with E-state index in [4.69, 9.17) is 15.2 Å². The maximum atomic E-state index is 12.4. The van der Waals surface area contributed by atoms with Gasteiger partial charge in [-0.25, -0.2) is 4.98 Å². The first kappa shape index (κ1) is 14.5. The predicted molar refractivity (Wildman–Crippen MR) is 58.0 cm³/mol. The van der Waals surface area contributed by atoms with Crippen LogP contribution in [0.2, 0.25) is 0 Å². The number of rotatable bonds is 5. The van der Waals surface area contributed by atoms with Crippen molar-refractivity contribution in [2.24, 2.45) is 0 Å². The predicted octanol–water partition coefficient (Wildman–Crippen LogP) is 1.88. The van der Waals surface area contributed by atoms with Crippen LogP contribution in [0.3, 0.4) is 0 Å². The maximum Gasteiger partial charge on any atom is 0.451 e. The average Bonchev–Trinajstić information content (AvgIpc) is 2.24. The third-order valence-corrected chi connectivity index (χ3v) is 1.85. The van der Waals surface area contributed by atoms with Crippen LogP contribution in [0.15, 0.2) is 6.07 Å². The number of halogens is 3. The molecule has 0 radical (unpaired) electrons. The molecule has 0 spiro atoms. The number of nitrogen functional groups attached to an aromatic ring is 1. The van der Waals surface area contributed by atoms with Crippen LogP contribution in [0.4, 0.5) is 19.0 Å². The van der Waals surface area contributed by atoms with Crippen molar-refractivity contribution in [3.63, 3.8) is 0 Å². The van der Waals surface area contributed by atoms with E-state index in [-0.39, 0.29) is 18.3 Å². The van der Waals surface area contributed by atoms with E-state index in [2.05, 4.69) is 9.97 Å². The summed E-state index contributed by atoms with van der Waals surface area (Å²) in [5.41, 5.74) is 5.27. The molecule has 1 unspecified atom stereocenters. The summed E-state index contributed by atoms with van der Waals surface area (Å²) >= 11 is 0. The third-order valence-electron chi connectivity index (χ3n) is 1.85. The van der Waals surface area contributed by atoms with Gasteiger partial charge >= 0.3 is 6.18 Å². The number of hydrogen-bond acceptors (Lipinski definition) is 5. The molecule has 0 aliphatic carbocycles. The zero-order valence-corrected chi connectivity index (χ0v) is 9.99. The van der Waals surface area contributed by atoms with E-state index in [1.54, 1.807) is 13.8 Å². The molecule has 0 fully saturated rings. The van der Waals surface area contributed by atoms with Gasteiger partial charge in [-0.15, -0.1) is 0 Å². The van der Waals surface area contributed by atoms with Crippen molar-refractivity contribution in [2.75, 3.05) is 18.9 Å². The van der Waals surface area contributed by atoms with Gasteiger partial charge in [-0.05, 0) is 13.8 Å². The van der Waals surface area contributed by atoms with Crippen LogP contribution in [0, 0.1) is 0 Å². The summed E-state index contributed by atoms with van der Waals surface area (Å²) in [5, 5.41) is 0. The van der Waals surface area contributed by atoms with Gasteiger partial charge in [-0.2, -0.15) is 18.2 Å². The molecular formula is C10H14F3N3O2. The summed E-state index contributed by atoms with van der Waals surface area (Å²) in [7, 11) is 0. The Hall–Kier alpha value is -1.57. The first-order valence-corrected chi connectivity index (χ1v) is 5.29. The lowest BCUT2D eigenvalue weighted by molar-refractivity contribution is -0.145. The van der Waals surface area contributed by atoms with Crippen LogP contribution >= 0.6 is 0 Å². The van der Waals surface area contributed by atoms with Crippen molar-refractivity contribution in [2.45, 2.75) is 26.1 Å². The fraction of sp³-hybridized carbons (Fsp3) is 0.600. The zero-order valence-electron chi connectivity index (χ0n) is 9.99. The smallest absolute Gasteiger partial charge is 0.451 e. The van der Waals surface area contributed by atoms with Crippen LogP contribution < -0.4 is 10.5 Å². The second-order valence-electron chi connectivity index (χ2n) is 3.54. The van der Waals surface area contributed by atoms with Crippen molar-refractivity contribution >= 4 is 5.82 Å². The number of alkyl halides is 3. The summed E-state index contributed by atoms with van der Waals surface area (Å²) in [6.45, 7) is 4.20. The molecule has 2 N–H and O–H groups in total. The molecule has 18 heavy (non-hydrogen) atoms. The molecule has 5 nitrogen and oxygen atoms in total. The van der Waals surface area contributed by atoms with E-state index < -0.39 is 18.1 Å². The third kappa shape index (κ3) is 4.36. The van der Waals surface area contributed by atoms with Crippen LogP contribution in [-0.2, 0) is 10.9 Å². The van der Waals surface area contributed by atoms with Crippen molar-refractivity contribution in [3.05, 3.63) is 11.9 Å². The topological polar surface area (TPSA) is 70.3 Å². The molecule has 1 aromatic rings. The Balaban J connectivity index is 2.80. The molecule has 0 amide bonds. The number of nitrogens with zero attached hydrogens (tertiary/aromatic N) is 2. The highest BCUT2D eigenvalue weighted by molar-refractivity contribution is 5.33. The van der Waals surface area contributed by atoms with Gasteiger partial charge in [0.25, 0.3) is 0 Å². The second kappa shape index (κ2) is 5.85. The number of aromatic nitrogens is 2. The number of ether oxygens (including phenoxy) is 2. The lowest BCUT2D eigenvalue weighted by Crippen LogP contribution is -2.21. The summed E-state index contributed by atoms with van der Waals surface area (Å²) < 4.78 is 47.5. The lowest BCUT2D eigenvalue weighted by Gasteiger charge is -2.15. The molecule has 102 valence electrons. The normalized spacial score (nSPS) is 13.4. The van der Waals surface area contributed by atoms with Crippen molar-refractivity contribution in [1.29, 1.82) is 0 Å². The first-order valence-electron chi connectivity index (χ1n) is 5.29. The van der Waals surface area contributed by atoms with Gasteiger partial charge in [0.2, 0.25) is 11.7 Å². The van der Waals surface area contributed by atoms with Gasteiger partial charge in [0.1, 0.15) is 11.9 Å². The highest BCUT2D eigenvalue weighted by Gasteiger charge is 2.35. The van der Waals surface area contributed by atoms with Crippen LogP contribution in [-0.4, -0.2) is 29.3 Å². The van der Waals surface area contributed by atoms with Gasteiger partial charge in [0, 0.05) is 12.7 Å². The molecule has 0 saturated heterocycles. The Morgan fingerprint density at radius 1 is 1.39 bits per heavy atom. The van der Waals surface area contributed by atoms with E-state index in [9.17, 15) is 13.2 Å². The first-order chi connectivity index (χ1) is 8.32. The second-order valence-corrected chi connectivity index (χ2v) is 3.54. The van der Waals surface area contributed by atoms with Gasteiger partial charge in [0.05, 0.1) is 6.61 Å². The SMILES string of the molecule is CCOCC(C)Oc1cc(N)nc(C(F)(F)F)n1.